The summed E-state index contributed by atoms with van der Waals surface area (Å²) in [7, 11) is 0. The van der Waals surface area contributed by atoms with E-state index in [1.165, 1.54) is 18.2 Å². The maximum atomic E-state index is 13.7. The lowest BCUT2D eigenvalue weighted by molar-refractivity contribution is -0.114. The maximum Gasteiger partial charge on any atom is 0.243 e. The summed E-state index contributed by atoms with van der Waals surface area (Å²) < 4.78 is 13.7. The fraction of sp³-hybridized carbons (Fsp3) is 0.0455. The van der Waals surface area contributed by atoms with Gasteiger partial charge in [-0.2, -0.15) is 0 Å². The lowest BCUT2D eigenvalue weighted by Gasteiger charge is -2.09. The van der Waals surface area contributed by atoms with Crippen LogP contribution in [0, 0.1) is 17.7 Å². The van der Waals surface area contributed by atoms with E-state index in [4.69, 9.17) is 11.6 Å². The number of halogens is 2. The highest BCUT2D eigenvalue weighted by atomic mass is 35.5. The molecule has 3 aromatic rings. The first kappa shape index (κ1) is 18.5. The van der Waals surface area contributed by atoms with Crippen molar-refractivity contribution in [2.24, 2.45) is 0 Å². The van der Waals surface area contributed by atoms with Crippen molar-refractivity contribution in [3.63, 3.8) is 0 Å². The van der Waals surface area contributed by atoms with Gasteiger partial charge in [0.2, 0.25) is 5.91 Å². The molecule has 0 aromatic heterocycles. The molecule has 3 rings (SSSR count). The number of hydrogen-bond donors (Lipinski definition) is 2. The van der Waals surface area contributed by atoms with Crippen LogP contribution >= 0.6 is 11.6 Å². The Bertz CT molecular complexity index is 1010. The fourth-order valence-electron chi connectivity index (χ4n) is 2.34. The zero-order valence-corrected chi connectivity index (χ0v) is 15.1. The minimum atomic E-state index is -0.536. The van der Waals surface area contributed by atoms with Crippen LogP contribution in [-0.2, 0) is 4.79 Å². The number of rotatable bonds is 4. The van der Waals surface area contributed by atoms with Gasteiger partial charge >= 0.3 is 0 Å². The first-order valence-electron chi connectivity index (χ1n) is 8.26. The first-order valence-corrected chi connectivity index (χ1v) is 8.64. The molecule has 2 N–H and O–H groups in total. The van der Waals surface area contributed by atoms with E-state index in [0.717, 1.165) is 16.8 Å². The molecular formula is C22H16ClFN2O. The Morgan fingerprint density at radius 2 is 1.67 bits per heavy atom. The maximum absolute atomic E-state index is 13.7. The molecule has 0 saturated heterocycles. The molecule has 3 aromatic carbocycles. The Hall–Kier alpha value is -3.29. The highest BCUT2D eigenvalue weighted by molar-refractivity contribution is 6.30. The Morgan fingerprint density at radius 1 is 0.926 bits per heavy atom. The van der Waals surface area contributed by atoms with Crippen molar-refractivity contribution in [2.75, 3.05) is 17.2 Å². The van der Waals surface area contributed by atoms with Crippen molar-refractivity contribution in [3.8, 4) is 11.8 Å². The molecule has 0 unspecified atom stereocenters. The average Bonchev–Trinajstić information content (AvgIpc) is 2.69. The van der Waals surface area contributed by atoms with Crippen molar-refractivity contribution < 1.29 is 9.18 Å². The quantitative estimate of drug-likeness (QED) is 0.632. The normalized spacial score (nSPS) is 9.85. The highest BCUT2D eigenvalue weighted by Crippen LogP contribution is 2.19. The van der Waals surface area contributed by atoms with Gasteiger partial charge in [-0.25, -0.2) is 4.39 Å². The molecule has 5 heteroatoms. The smallest absolute Gasteiger partial charge is 0.243 e. The van der Waals surface area contributed by atoms with E-state index in [1.54, 1.807) is 0 Å². The van der Waals surface area contributed by atoms with E-state index < -0.39 is 5.82 Å². The summed E-state index contributed by atoms with van der Waals surface area (Å²) >= 11 is 5.82. The molecule has 134 valence electrons. The second-order valence-electron chi connectivity index (χ2n) is 5.72. The molecule has 0 bridgehead atoms. The zero-order chi connectivity index (χ0) is 19.1. The third kappa shape index (κ3) is 5.60. The van der Waals surface area contributed by atoms with Gasteiger partial charge < -0.3 is 10.6 Å². The Balaban J connectivity index is 1.61. The summed E-state index contributed by atoms with van der Waals surface area (Å²) in [5, 5.41) is 5.85. The lowest BCUT2D eigenvalue weighted by Crippen LogP contribution is -2.22. The van der Waals surface area contributed by atoms with Crippen molar-refractivity contribution in [3.05, 3.63) is 94.8 Å². The van der Waals surface area contributed by atoms with E-state index in [0.29, 0.717) is 5.02 Å². The number of anilines is 2. The second-order valence-corrected chi connectivity index (χ2v) is 6.16. The van der Waals surface area contributed by atoms with Crippen molar-refractivity contribution in [1.29, 1.82) is 0 Å². The molecule has 0 heterocycles. The number of hydrogen-bond acceptors (Lipinski definition) is 2. The molecule has 0 radical (unpaired) electrons. The van der Waals surface area contributed by atoms with Gasteiger partial charge in [0.05, 0.1) is 12.2 Å². The summed E-state index contributed by atoms with van der Waals surface area (Å²) in [6, 6.07) is 21.1. The molecule has 0 aliphatic rings. The van der Waals surface area contributed by atoms with Gasteiger partial charge in [-0.05, 0) is 48.5 Å². The van der Waals surface area contributed by atoms with E-state index in [-0.39, 0.29) is 18.1 Å². The van der Waals surface area contributed by atoms with Crippen LogP contribution in [0.15, 0.2) is 72.8 Å². The Labute approximate surface area is 162 Å². The van der Waals surface area contributed by atoms with Crippen molar-refractivity contribution >= 4 is 28.9 Å². The van der Waals surface area contributed by atoms with E-state index in [9.17, 15) is 9.18 Å². The van der Waals surface area contributed by atoms with E-state index in [1.807, 2.05) is 54.6 Å². The molecule has 0 aliphatic carbocycles. The lowest BCUT2D eigenvalue weighted by atomic mass is 10.1. The van der Waals surface area contributed by atoms with Crippen LogP contribution in [0.1, 0.15) is 11.1 Å². The van der Waals surface area contributed by atoms with Gasteiger partial charge in [0, 0.05) is 21.8 Å². The molecule has 0 fully saturated rings. The standard InChI is InChI=1S/C22H16ClFN2O/c23-18-11-12-20(24)21(14-18)26-22(27)15-25-19-8-4-7-17(13-19)10-9-16-5-2-1-3-6-16/h1-8,11-14,25H,15H2,(H,26,27). The molecular weight excluding hydrogens is 363 g/mol. The zero-order valence-electron chi connectivity index (χ0n) is 14.3. The minimum absolute atomic E-state index is 0.0124. The van der Waals surface area contributed by atoms with Gasteiger partial charge in [0.25, 0.3) is 0 Å². The third-order valence-electron chi connectivity index (χ3n) is 3.64. The second kappa shape index (κ2) is 8.88. The van der Waals surface area contributed by atoms with Crippen LogP contribution in [0.4, 0.5) is 15.8 Å². The highest BCUT2D eigenvalue weighted by Gasteiger charge is 2.07. The number of nitrogens with one attached hydrogen (secondary N) is 2. The SMILES string of the molecule is O=C(CNc1cccc(C#Cc2ccccc2)c1)Nc1cc(Cl)ccc1F. The predicted molar refractivity (Wildman–Crippen MR) is 107 cm³/mol. The van der Waals surface area contributed by atoms with Crippen LogP contribution in [0.2, 0.25) is 5.02 Å². The number of carbonyl (C=O) groups excluding carboxylic acids is 1. The fourth-order valence-corrected chi connectivity index (χ4v) is 2.51. The molecule has 1 amide bonds. The predicted octanol–water partition coefficient (Wildman–Crippen LogP) is 4.93. The van der Waals surface area contributed by atoms with Gasteiger partial charge in [-0.15, -0.1) is 0 Å². The van der Waals surface area contributed by atoms with Crippen LogP contribution < -0.4 is 10.6 Å². The van der Waals surface area contributed by atoms with Crippen LogP contribution in [0.3, 0.4) is 0 Å². The Kier molecular flexibility index (Phi) is 6.09. The molecule has 0 spiro atoms. The van der Waals surface area contributed by atoms with Crippen LogP contribution in [0.25, 0.3) is 0 Å². The number of amides is 1. The number of carbonyl (C=O) groups is 1. The molecule has 0 aliphatic heterocycles. The largest absolute Gasteiger partial charge is 0.376 e. The third-order valence-corrected chi connectivity index (χ3v) is 3.88. The average molecular weight is 379 g/mol. The van der Waals surface area contributed by atoms with Crippen molar-refractivity contribution in [1.82, 2.24) is 0 Å². The van der Waals surface area contributed by atoms with Gasteiger partial charge in [0.1, 0.15) is 5.82 Å². The molecule has 3 nitrogen and oxygen atoms in total. The minimum Gasteiger partial charge on any atom is -0.376 e. The molecule has 0 atom stereocenters. The Morgan fingerprint density at radius 3 is 2.48 bits per heavy atom. The van der Waals surface area contributed by atoms with Crippen LogP contribution in [0.5, 0.6) is 0 Å². The summed E-state index contributed by atoms with van der Waals surface area (Å²) in [6.45, 7) is -0.0124. The van der Waals surface area contributed by atoms with Crippen LogP contribution in [-0.4, -0.2) is 12.5 Å². The van der Waals surface area contributed by atoms with Gasteiger partial charge in [-0.1, -0.05) is 47.7 Å². The van der Waals surface area contributed by atoms with E-state index >= 15 is 0 Å². The molecule has 0 saturated carbocycles. The number of benzene rings is 3. The van der Waals surface area contributed by atoms with Gasteiger partial charge in [-0.3, -0.25) is 4.79 Å². The van der Waals surface area contributed by atoms with E-state index in [2.05, 4.69) is 22.5 Å². The summed E-state index contributed by atoms with van der Waals surface area (Å²) in [4.78, 5) is 12.0. The van der Waals surface area contributed by atoms with Gasteiger partial charge in [0.15, 0.2) is 0 Å². The topological polar surface area (TPSA) is 41.1 Å². The van der Waals surface area contributed by atoms with Crippen molar-refractivity contribution in [2.45, 2.75) is 0 Å². The summed E-state index contributed by atoms with van der Waals surface area (Å²) in [5.41, 5.74) is 2.55. The summed E-state index contributed by atoms with van der Waals surface area (Å²) in [5.74, 6) is 5.26. The first-order chi connectivity index (χ1) is 13.1. The summed E-state index contributed by atoms with van der Waals surface area (Å²) in [6.07, 6.45) is 0. The molecule has 27 heavy (non-hydrogen) atoms. The monoisotopic (exact) mass is 378 g/mol.